The fraction of sp³-hybridized carbons (Fsp3) is 0.367. The monoisotopic (exact) mass is 639 g/mol. The van der Waals surface area contributed by atoms with Gasteiger partial charge in [-0.1, -0.05) is 43.1 Å². The van der Waals surface area contributed by atoms with Crippen LogP contribution in [-0.4, -0.2) is 50.0 Å². The lowest BCUT2D eigenvalue weighted by molar-refractivity contribution is -0.137. The highest BCUT2D eigenvalue weighted by atomic mass is 35.5. The number of aromatic nitrogens is 4. The Morgan fingerprint density at radius 1 is 1.14 bits per heavy atom. The molecular weight excluding hydrogens is 606 g/mol. The van der Waals surface area contributed by atoms with E-state index in [1.807, 2.05) is 17.7 Å². The van der Waals surface area contributed by atoms with Crippen LogP contribution < -0.4 is 4.74 Å². The number of ether oxygens (including phenoxy) is 1. The van der Waals surface area contributed by atoms with Gasteiger partial charge in [-0.2, -0.15) is 13.2 Å². The second-order valence-corrected chi connectivity index (χ2v) is 11.4. The van der Waals surface area contributed by atoms with E-state index in [4.69, 9.17) is 4.74 Å². The molecule has 1 aliphatic heterocycles. The maximum atomic E-state index is 12.9. The summed E-state index contributed by atoms with van der Waals surface area (Å²) in [5, 5.41) is 9.57. The summed E-state index contributed by atoms with van der Waals surface area (Å²) in [6.07, 6.45) is 5.55. The Morgan fingerprint density at radius 2 is 1.90 bits per heavy atom. The number of pyridine rings is 1. The Balaban J connectivity index is 0.00000242. The summed E-state index contributed by atoms with van der Waals surface area (Å²) >= 11 is 1.68. The molecule has 3 aromatic rings. The molecule has 2 atom stereocenters. The zero-order valence-corrected chi connectivity index (χ0v) is 25.7. The van der Waals surface area contributed by atoms with Crippen LogP contribution in [0.3, 0.4) is 0 Å². The molecule has 2 aromatic heterocycles. The van der Waals surface area contributed by atoms with Crippen LogP contribution in [0.2, 0.25) is 0 Å². The van der Waals surface area contributed by atoms with Crippen LogP contribution in [0, 0.1) is 5.41 Å². The van der Waals surface area contributed by atoms with Crippen molar-refractivity contribution in [1.29, 1.82) is 0 Å². The van der Waals surface area contributed by atoms with E-state index < -0.39 is 11.7 Å². The number of nitrogens with zero attached hydrogens (tertiary/aromatic N) is 5. The molecule has 0 amide bonds. The van der Waals surface area contributed by atoms with E-state index in [0.29, 0.717) is 17.6 Å². The van der Waals surface area contributed by atoms with Gasteiger partial charge in [-0.05, 0) is 79.6 Å². The third-order valence-electron chi connectivity index (χ3n) is 7.68. The van der Waals surface area contributed by atoms with E-state index in [-0.39, 0.29) is 30.2 Å². The Bertz CT molecular complexity index is 1400. The molecule has 1 spiro atoms. The number of thioether (sulfide) groups is 1. The molecule has 0 N–H and O–H groups in total. The quantitative estimate of drug-likeness (QED) is 0.0926. The smallest absolute Gasteiger partial charge is 0.416 e. The van der Waals surface area contributed by atoms with E-state index in [1.165, 1.54) is 12.1 Å². The first kappa shape index (κ1) is 33.7. The van der Waals surface area contributed by atoms with E-state index in [9.17, 15) is 13.2 Å². The Labute approximate surface area is 261 Å². The number of benzene rings is 1. The Hall–Kier alpha value is -2.79. The Kier molecular flexibility index (Phi) is 11.3. The van der Waals surface area contributed by atoms with Crippen molar-refractivity contribution in [2.24, 2.45) is 12.5 Å². The summed E-state index contributed by atoms with van der Waals surface area (Å²) in [7, 11) is 1.95. The highest BCUT2D eigenvalue weighted by Gasteiger charge is 2.57. The summed E-state index contributed by atoms with van der Waals surface area (Å²) in [6, 6.07) is 9.43. The van der Waals surface area contributed by atoms with Gasteiger partial charge in [0.1, 0.15) is 5.76 Å². The highest BCUT2D eigenvalue weighted by Crippen LogP contribution is 2.64. The molecule has 2 fully saturated rings. The van der Waals surface area contributed by atoms with Gasteiger partial charge in [-0.25, -0.2) is 4.98 Å². The van der Waals surface area contributed by atoms with E-state index in [0.717, 1.165) is 66.8 Å². The predicted octanol–water partition coefficient (Wildman–Crippen LogP) is 7.74. The summed E-state index contributed by atoms with van der Waals surface area (Å²) in [6.45, 7) is 10.4. The second-order valence-electron chi connectivity index (χ2n) is 10.3. The normalized spacial score (nSPS) is 20.1. The number of halogens is 5. The van der Waals surface area contributed by atoms with Crippen LogP contribution in [0.25, 0.3) is 11.4 Å². The van der Waals surface area contributed by atoms with Crippen LogP contribution in [-0.2, 0) is 13.2 Å². The number of rotatable bonds is 11. The van der Waals surface area contributed by atoms with E-state index >= 15 is 0 Å². The number of hydrogen-bond donors (Lipinski definition) is 0. The SMILES string of the molecule is C=C/C=C(\C=C)Oc1ccc(-c2nnc(SCCCN3CCC4(CC4c4ccc(C(F)(F)F)cc4)C3)n2C)cn1.Cl.Cl. The van der Waals surface area contributed by atoms with Crippen molar-refractivity contribution in [2.45, 2.75) is 36.5 Å². The fourth-order valence-electron chi connectivity index (χ4n) is 5.45. The molecular formula is C30H34Cl2F3N5OS. The Morgan fingerprint density at radius 3 is 2.55 bits per heavy atom. The van der Waals surface area contributed by atoms with Gasteiger partial charge in [-0.3, -0.25) is 0 Å². The van der Waals surface area contributed by atoms with Crippen molar-refractivity contribution < 1.29 is 17.9 Å². The van der Waals surface area contributed by atoms with Crippen LogP contribution in [0.5, 0.6) is 5.88 Å². The largest absolute Gasteiger partial charge is 0.439 e. The standard InChI is InChI=1S/C30H32F3N5OS.2ClH/c1-4-7-24(5-2)39-26-13-10-22(19-34-26)27-35-36-28(37(27)3)40-17-6-15-38-16-14-29(20-38)18-25(29)21-8-11-23(12-9-21)30(31,32)33;;/h4-5,7-13,19,25H,1-2,6,14-18,20H2,3H3;2*1H/b24-7+;;. The van der Waals surface area contributed by atoms with Gasteiger partial charge in [-0.15, -0.1) is 35.0 Å². The lowest BCUT2D eigenvalue weighted by Crippen LogP contribution is -2.23. The number of likely N-dealkylation sites (tertiary alicyclic amines) is 1. The van der Waals surface area contributed by atoms with E-state index in [2.05, 4.69) is 33.2 Å². The van der Waals surface area contributed by atoms with Gasteiger partial charge >= 0.3 is 6.18 Å². The van der Waals surface area contributed by atoms with Crippen LogP contribution in [0.4, 0.5) is 13.2 Å². The summed E-state index contributed by atoms with van der Waals surface area (Å²) in [4.78, 5) is 6.86. The topological polar surface area (TPSA) is 56.1 Å². The average Bonchev–Trinajstić information content (AvgIpc) is 3.29. The molecule has 2 aliphatic rings. The first-order valence-corrected chi connectivity index (χ1v) is 14.2. The molecule has 1 aliphatic carbocycles. The van der Waals surface area contributed by atoms with E-state index in [1.54, 1.807) is 54.4 Å². The highest BCUT2D eigenvalue weighted by molar-refractivity contribution is 7.99. The molecule has 5 rings (SSSR count). The summed E-state index contributed by atoms with van der Waals surface area (Å²) in [5.74, 6) is 3.04. The molecule has 0 radical (unpaired) electrons. The zero-order chi connectivity index (χ0) is 28.3. The van der Waals surface area contributed by atoms with Crippen molar-refractivity contribution in [2.75, 3.05) is 25.4 Å². The minimum atomic E-state index is -4.29. The van der Waals surface area contributed by atoms with Gasteiger partial charge in [0.25, 0.3) is 0 Å². The molecule has 1 saturated carbocycles. The molecule has 1 saturated heterocycles. The van der Waals surface area contributed by atoms with Crippen molar-refractivity contribution in [1.82, 2.24) is 24.6 Å². The molecule has 42 heavy (non-hydrogen) atoms. The molecule has 2 unspecified atom stereocenters. The van der Waals surface area contributed by atoms with Crippen LogP contribution >= 0.6 is 36.6 Å². The van der Waals surface area contributed by atoms with Gasteiger partial charge < -0.3 is 14.2 Å². The summed E-state index contributed by atoms with van der Waals surface area (Å²) in [5.41, 5.74) is 1.53. The molecule has 226 valence electrons. The first-order valence-electron chi connectivity index (χ1n) is 13.2. The summed E-state index contributed by atoms with van der Waals surface area (Å²) < 4.78 is 46.3. The minimum absolute atomic E-state index is 0. The third kappa shape index (κ3) is 7.58. The van der Waals surface area contributed by atoms with Crippen molar-refractivity contribution in [3.8, 4) is 17.3 Å². The second kappa shape index (κ2) is 14.1. The molecule has 0 bridgehead atoms. The van der Waals surface area contributed by atoms with Gasteiger partial charge in [0.2, 0.25) is 5.88 Å². The van der Waals surface area contributed by atoms with Gasteiger partial charge in [0, 0.05) is 37.2 Å². The lowest BCUT2D eigenvalue weighted by Gasteiger charge is -2.16. The maximum absolute atomic E-state index is 12.9. The fourth-order valence-corrected chi connectivity index (χ4v) is 6.28. The molecule has 6 nitrogen and oxygen atoms in total. The maximum Gasteiger partial charge on any atom is 0.416 e. The van der Waals surface area contributed by atoms with Gasteiger partial charge in [0.15, 0.2) is 11.0 Å². The molecule has 3 heterocycles. The van der Waals surface area contributed by atoms with Crippen molar-refractivity contribution in [3.05, 3.63) is 90.9 Å². The van der Waals surface area contributed by atoms with Gasteiger partial charge in [0.05, 0.1) is 5.56 Å². The predicted molar refractivity (Wildman–Crippen MR) is 165 cm³/mol. The van der Waals surface area contributed by atoms with Crippen LogP contribution in [0.15, 0.2) is 84.9 Å². The lowest BCUT2D eigenvalue weighted by atomic mass is 9.97. The molecule has 12 heteroatoms. The zero-order valence-electron chi connectivity index (χ0n) is 23.2. The molecule has 1 aromatic carbocycles. The number of hydrogen-bond acceptors (Lipinski definition) is 6. The average molecular weight is 641 g/mol. The number of allylic oxidation sites excluding steroid dienone is 3. The third-order valence-corrected chi connectivity index (χ3v) is 8.79. The van der Waals surface area contributed by atoms with Crippen molar-refractivity contribution >= 4 is 36.6 Å². The van der Waals surface area contributed by atoms with Crippen LogP contribution in [0.1, 0.15) is 36.3 Å². The van der Waals surface area contributed by atoms with Crippen molar-refractivity contribution in [3.63, 3.8) is 0 Å². The first-order chi connectivity index (χ1) is 19.2. The number of alkyl halides is 3. The minimum Gasteiger partial charge on any atom is -0.439 e.